The quantitative estimate of drug-likeness (QED) is 0.586. The zero-order chi connectivity index (χ0) is 17.5. The van der Waals surface area contributed by atoms with Crippen LogP contribution in [-0.4, -0.2) is 12.5 Å². The van der Waals surface area contributed by atoms with E-state index in [-0.39, 0.29) is 0 Å². The Morgan fingerprint density at radius 1 is 0.960 bits per heavy atom. The highest BCUT2D eigenvalue weighted by Crippen LogP contribution is 2.23. The number of rotatable bonds is 8. The summed E-state index contributed by atoms with van der Waals surface area (Å²) in [6.45, 7) is 0.724. The largest absolute Gasteiger partial charge is 0.494 e. The number of carbonyl (C=O) groups excluding carboxylic acids is 1. The van der Waals surface area contributed by atoms with Crippen LogP contribution in [0.15, 0.2) is 66.0 Å². The lowest BCUT2D eigenvalue weighted by Crippen LogP contribution is -2.10. The number of hydrogen-bond acceptors (Lipinski definition) is 3. The standard InChI is InChI=1S/C21H21NO2S/c22-21(23)18-6-3-5-17(15-18)16-9-11-19(12-10-16)24-13-2-1-7-20-8-4-14-25-20/h3-6,8-12,14-15H,1-2,7,13H2,(H2,22,23). The van der Waals surface area contributed by atoms with Gasteiger partial charge in [0, 0.05) is 10.4 Å². The molecule has 0 aliphatic carbocycles. The Morgan fingerprint density at radius 3 is 2.52 bits per heavy atom. The maximum atomic E-state index is 11.3. The predicted molar refractivity (Wildman–Crippen MR) is 103 cm³/mol. The second kappa shape index (κ2) is 8.49. The number of thiophene rings is 1. The Bertz CT molecular complexity index is 810. The van der Waals surface area contributed by atoms with Crippen molar-refractivity contribution in [3.8, 4) is 16.9 Å². The number of benzene rings is 2. The molecule has 3 nitrogen and oxygen atoms in total. The van der Waals surface area contributed by atoms with Gasteiger partial charge in [-0.2, -0.15) is 0 Å². The average molecular weight is 351 g/mol. The van der Waals surface area contributed by atoms with E-state index in [4.69, 9.17) is 10.5 Å². The SMILES string of the molecule is NC(=O)c1cccc(-c2ccc(OCCCCc3cccs3)cc2)c1. The van der Waals surface area contributed by atoms with Crippen molar-refractivity contribution in [2.45, 2.75) is 19.3 Å². The summed E-state index contributed by atoms with van der Waals surface area (Å²) in [7, 11) is 0. The molecule has 0 radical (unpaired) electrons. The predicted octanol–water partition coefficient (Wildman–Crippen LogP) is 4.92. The number of carbonyl (C=O) groups is 1. The van der Waals surface area contributed by atoms with Gasteiger partial charge in [-0.15, -0.1) is 11.3 Å². The van der Waals surface area contributed by atoms with Crippen LogP contribution < -0.4 is 10.5 Å². The molecular formula is C21H21NO2S. The van der Waals surface area contributed by atoms with E-state index >= 15 is 0 Å². The minimum absolute atomic E-state index is 0.413. The summed E-state index contributed by atoms with van der Waals surface area (Å²) in [6, 6.07) is 19.5. The number of primary amides is 1. The molecule has 0 bridgehead atoms. The van der Waals surface area contributed by atoms with Crippen molar-refractivity contribution in [2.75, 3.05) is 6.61 Å². The van der Waals surface area contributed by atoms with Crippen LogP contribution in [0.1, 0.15) is 28.1 Å². The van der Waals surface area contributed by atoms with Gasteiger partial charge < -0.3 is 10.5 Å². The zero-order valence-electron chi connectivity index (χ0n) is 14.0. The molecular weight excluding hydrogens is 330 g/mol. The second-order valence-corrected chi connectivity index (χ2v) is 6.89. The second-order valence-electron chi connectivity index (χ2n) is 5.85. The fourth-order valence-corrected chi connectivity index (χ4v) is 3.39. The molecule has 4 heteroatoms. The van der Waals surface area contributed by atoms with Crippen molar-refractivity contribution < 1.29 is 9.53 Å². The van der Waals surface area contributed by atoms with Gasteiger partial charge in [-0.3, -0.25) is 4.79 Å². The molecule has 1 amide bonds. The lowest BCUT2D eigenvalue weighted by Gasteiger charge is -2.08. The Balaban J connectivity index is 1.50. The third-order valence-electron chi connectivity index (χ3n) is 4.00. The van der Waals surface area contributed by atoms with Crippen LogP contribution in [0.5, 0.6) is 5.75 Å². The van der Waals surface area contributed by atoms with Crippen LogP contribution in [0.4, 0.5) is 0 Å². The minimum atomic E-state index is -0.413. The molecule has 0 fully saturated rings. The number of unbranched alkanes of at least 4 members (excludes halogenated alkanes) is 1. The van der Waals surface area contributed by atoms with E-state index in [1.165, 1.54) is 4.88 Å². The number of hydrogen-bond donors (Lipinski definition) is 1. The Morgan fingerprint density at radius 2 is 1.80 bits per heavy atom. The first-order valence-electron chi connectivity index (χ1n) is 8.38. The smallest absolute Gasteiger partial charge is 0.248 e. The molecule has 0 saturated heterocycles. The summed E-state index contributed by atoms with van der Waals surface area (Å²) in [6.07, 6.45) is 3.30. The van der Waals surface area contributed by atoms with Gasteiger partial charge in [-0.05, 0) is 66.1 Å². The molecule has 0 aliphatic rings. The Labute approximate surface area is 152 Å². The van der Waals surface area contributed by atoms with E-state index in [1.54, 1.807) is 6.07 Å². The van der Waals surface area contributed by atoms with E-state index in [0.717, 1.165) is 42.7 Å². The normalized spacial score (nSPS) is 10.6. The third-order valence-corrected chi connectivity index (χ3v) is 4.94. The summed E-state index contributed by atoms with van der Waals surface area (Å²) in [5.41, 5.74) is 7.86. The van der Waals surface area contributed by atoms with Crippen LogP contribution in [-0.2, 0) is 6.42 Å². The van der Waals surface area contributed by atoms with Gasteiger partial charge in [0.15, 0.2) is 0 Å². The lowest BCUT2D eigenvalue weighted by atomic mass is 10.0. The minimum Gasteiger partial charge on any atom is -0.494 e. The first kappa shape index (κ1) is 17.2. The van der Waals surface area contributed by atoms with Crippen molar-refractivity contribution in [1.29, 1.82) is 0 Å². The number of amides is 1. The number of aryl methyl sites for hydroxylation is 1. The molecule has 1 aromatic heterocycles. The highest BCUT2D eigenvalue weighted by Gasteiger charge is 2.04. The molecule has 1 heterocycles. The average Bonchev–Trinajstić information content (AvgIpc) is 3.15. The summed E-state index contributed by atoms with van der Waals surface area (Å²) in [5, 5.41) is 2.12. The van der Waals surface area contributed by atoms with Crippen molar-refractivity contribution in [1.82, 2.24) is 0 Å². The topological polar surface area (TPSA) is 52.3 Å². The summed E-state index contributed by atoms with van der Waals surface area (Å²) in [4.78, 5) is 12.7. The van der Waals surface area contributed by atoms with E-state index in [2.05, 4.69) is 17.5 Å². The lowest BCUT2D eigenvalue weighted by molar-refractivity contribution is 0.100. The van der Waals surface area contributed by atoms with Gasteiger partial charge in [0.05, 0.1) is 6.61 Å². The first-order chi connectivity index (χ1) is 12.2. The third kappa shape index (κ3) is 4.94. The maximum absolute atomic E-state index is 11.3. The van der Waals surface area contributed by atoms with Crippen molar-refractivity contribution >= 4 is 17.2 Å². The van der Waals surface area contributed by atoms with Crippen LogP contribution in [0, 0.1) is 0 Å². The summed E-state index contributed by atoms with van der Waals surface area (Å²) in [5.74, 6) is 0.454. The van der Waals surface area contributed by atoms with Crippen LogP contribution in [0.2, 0.25) is 0 Å². The van der Waals surface area contributed by atoms with E-state index in [1.807, 2.05) is 53.8 Å². The van der Waals surface area contributed by atoms with Gasteiger partial charge in [-0.1, -0.05) is 30.3 Å². The molecule has 0 unspecified atom stereocenters. The molecule has 0 atom stereocenters. The molecule has 3 aromatic rings. The van der Waals surface area contributed by atoms with E-state index in [0.29, 0.717) is 5.56 Å². The van der Waals surface area contributed by atoms with Crippen molar-refractivity contribution in [3.05, 3.63) is 76.5 Å². The first-order valence-corrected chi connectivity index (χ1v) is 9.26. The monoisotopic (exact) mass is 351 g/mol. The van der Waals surface area contributed by atoms with Crippen molar-refractivity contribution in [2.24, 2.45) is 5.73 Å². The fraction of sp³-hybridized carbons (Fsp3) is 0.190. The van der Waals surface area contributed by atoms with Crippen LogP contribution >= 0.6 is 11.3 Å². The Kier molecular flexibility index (Phi) is 5.86. The van der Waals surface area contributed by atoms with Crippen LogP contribution in [0.3, 0.4) is 0 Å². The van der Waals surface area contributed by atoms with Gasteiger partial charge >= 0.3 is 0 Å². The van der Waals surface area contributed by atoms with Gasteiger partial charge in [0.25, 0.3) is 0 Å². The van der Waals surface area contributed by atoms with E-state index < -0.39 is 5.91 Å². The molecule has 2 N–H and O–H groups in total. The molecule has 0 spiro atoms. The van der Waals surface area contributed by atoms with E-state index in [9.17, 15) is 4.79 Å². The Hall–Kier alpha value is -2.59. The maximum Gasteiger partial charge on any atom is 0.248 e. The highest BCUT2D eigenvalue weighted by molar-refractivity contribution is 7.09. The number of nitrogens with two attached hydrogens (primary N) is 1. The molecule has 25 heavy (non-hydrogen) atoms. The number of ether oxygens (including phenoxy) is 1. The van der Waals surface area contributed by atoms with Gasteiger partial charge in [0.2, 0.25) is 5.91 Å². The highest BCUT2D eigenvalue weighted by atomic mass is 32.1. The van der Waals surface area contributed by atoms with Gasteiger partial charge in [-0.25, -0.2) is 0 Å². The van der Waals surface area contributed by atoms with Crippen LogP contribution in [0.25, 0.3) is 11.1 Å². The van der Waals surface area contributed by atoms with Crippen molar-refractivity contribution in [3.63, 3.8) is 0 Å². The van der Waals surface area contributed by atoms with Gasteiger partial charge in [0.1, 0.15) is 5.75 Å². The molecule has 0 saturated carbocycles. The molecule has 2 aromatic carbocycles. The molecule has 128 valence electrons. The fourth-order valence-electron chi connectivity index (χ4n) is 2.64. The molecule has 0 aliphatic heterocycles. The summed E-state index contributed by atoms with van der Waals surface area (Å²) < 4.78 is 5.81. The summed E-state index contributed by atoms with van der Waals surface area (Å²) >= 11 is 1.81. The zero-order valence-corrected chi connectivity index (χ0v) is 14.8. The molecule has 3 rings (SSSR count).